The molecule has 0 spiro atoms. The summed E-state index contributed by atoms with van der Waals surface area (Å²) in [7, 11) is 0. The topological polar surface area (TPSA) is 38.0 Å². The Bertz CT molecular complexity index is 588. The van der Waals surface area contributed by atoms with Gasteiger partial charge in [-0.05, 0) is 48.2 Å². The van der Waals surface area contributed by atoms with Crippen LogP contribution in [0.3, 0.4) is 0 Å². The number of hydrogen-bond donors (Lipinski definition) is 2. The minimum absolute atomic E-state index is 0.587. The van der Waals surface area contributed by atoms with Crippen molar-refractivity contribution in [1.29, 1.82) is 0 Å². The molecule has 0 saturated carbocycles. The van der Waals surface area contributed by atoms with Crippen LogP contribution in [0.2, 0.25) is 0 Å². The summed E-state index contributed by atoms with van der Waals surface area (Å²) in [5, 5.41) is 3.62. The summed E-state index contributed by atoms with van der Waals surface area (Å²) in [6.45, 7) is 3.01. The zero-order valence-electron chi connectivity index (χ0n) is 13.2. The van der Waals surface area contributed by atoms with E-state index in [1.54, 1.807) is 0 Å². The summed E-state index contributed by atoms with van der Waals surface area (Å²) in [6, 6.07) is 17.6. The number of unbranched alkanes of at least 4 members (excludes halogenated alkanes) is 3. The Morgan fingerprint density at radius 3 is 2.50 bits per heavy atom. The molecule has 0 saturated heterocycles. The summed E-state index contributed by atoms with van der Waals surface area (Å²) in [5.41, 5.74) is 11.2. The monoisotopic (exact) mass is 294 g/mol. The number of hydrogen-bond acceptors (Lipinski definition) is 2. The Hall–Kier alpha value is -1.64. The van der Waals surface area contributed by atoms with Crippen molar-refractivity contribution in [2.45, 2.75) is 31.6 Å². The number of nitrogens with two attached hydrogens (primary N) is 1. The van der Waals surface area contributed by atoms with Crippen molar-refractivity contribution >= 4 is 0 Å². The van der Waals surface area contributed by atoms with Crippen LogP contribution >= 0.6 is 0 Å². The van der Waals surface area contributed by atoms with Crippen LogP contribution in [0.4, 0.5) is 0 Å². The highest BCUT2D eigenvalue weighted by Gasteiger charge is 2.26. The van der Waals surface area contributed by atoms with Gasteiger partial charge in [0.15, 0.2) is 0 Å². The van der Waals surface area contributed by atoms with Crippen molar-refractivity contribution in [3.63, 3.8) is 0 Å². The second kappa shape index (κ2) is 7.57. The largest absolute Gasteiger partial charge is 0.330 e. The Morgan fingerprint density at radius 2 is 1.73 bits per heavy atom. The molecule has 0 radical (unpaired) electrons. The van der Waals surface area contributed by atoms with Crippen LogP contribution < -0.4 is 11.1 Å². The molecular formula is C20H26N2. The van der Waals surface area contributed by atoms with Crippen LogP contribution in [-0.2, 0) is 0 Å². The van der Waals surface area contributed by atoms with Crippen molar-refractivity contribution in [2.24, 2.45) is 5.73 Å². The van der Waals surface area contributed by atoms with Gasteiger partial charge in [-0.3, -0.25) is 0 Å². The lowest BCUT2D eigenvalue weighted by molar-refractivity contribution is 0.566. The molecular weight excluding hydrogens is 268 g/mol. The molecule has 22 heavy (non-hydrogen) atoms. The van der Waals surface area contributed by atoms with Gasteiger partial charge in [0.25, 0.3) is 0 Å². The molecule has 0 amide bonds. The van der Waals surface area contributed by atoms with Crippen molar-refractivity contribution in [3.05, 3.63) is 59.7 Å². The molecule has 2 aliphatic rings. The highest BCUT2D eigenvalue weighted by Crippen LogP contribution is 2.41. The molecule has 2 bridgehead atoms. The number of rotatable bonds is 9. The van der Waals surface area contributed by atoms with E-state index in [2.05, 4.69) is 53.8 Å². The van der Waals surface area contributed by atoms with Gasteiger partial charge in [-0.15, -0.1) is 0 Å². The summed E-state index contributed by atoms with van der Waals surface area (Å²) in [5.74, 6) is 0.587. The van der Waals surface area contributed by atoms with Crippen LogP contribution in [0.25, 0.3) is 11.1 Å². The van der Waals surface area contributed by atoms with E-state index >= 15 is 0 Å². The van der Waals surface area contributed by atoms with Gasteiger partial charge in [0, 0.05) is 12.5 Å². The normalized spacial score (nSPS) is 15.6. The van der Waals surface area contributed by atoms with Crippen molar-refractivity contribution < 1.29 is 0 Å². The maximum absolute atomic E-state index is 5.51. The zero-order valence-corrected chi connectivity index (χ0v) is 13.2. The van der Waals surface area contributed by atoms with E-state index in [0.717, 1.165) is 26.1 Å². The number of nitrogens with one attached hydrogen (secondary N) is 1. The molecule has 0 aromatic heterocycles. The first-order valence-corrected chi connectivity index (χ1v) is 8.50. The van der Waals surface area contributed by atoms with Crippen LogP contribution in [-0.4, -0.2) is 19.6 Å². The van der Waals surface area contributed by atoms with E-state index in [-0.39, 0.29) is 0 Å². The Labute approximate surface area is 133 Å². The minimum Gasteiger partial charge on any atom is -0.330 e. The fourth-order valence-electron chi connectivity index (χ4n) is 3.27. The molecule has 2 aromatic rings. The quantitative estimate of drug-likeness (QED) is 0.688. The van der Waals surface area contributed by atoms with Crippen molar-refractivity contribution in [1.82, 2.24) is 5.32 Å². The predicted molar refractivity (Wildman–Crippen MR) is 94.1 cm³/mol. The average molecular weight is 294 g/mol. The predicted octanol–water partition coefficient (Wildman–Crippen LogP) is 3.91. The highest BCUT2D eigenvalue weighted by atomic mass is 14.9. The summed E-state index contributed by atoms with van der Waals surface area (Å²) in [4.78, 5) is 0. The Morgan fingerprint density at radius 1 is 0.909 bits per heavy atom. The second-order valence-electron chi connectivity index (χ2n) is 6.17. The molecule has 0 fully saturated rings. The molecule has 2 nitrogen and oxygen atoms in total. The van der Waals surface area contributed by atoms with E-state index in [1.165, 1.54) is 41.5 Å². The van der Waals surface area contributed by atoms with Gasteiger partial charge in [0.1, 0.15) is 0 Å². The molecule has 2 heteroatoms. The van der Waals surface area contributed by atoms with Crippen LogP contribution in [0.15, 0.2) is 48.5 Å². The first-order valence-electron chi connectivity index (χ1n) is 8.50. The van der Waals surface area contributed by atoms with Crippen LogP contribution in [0.1, 0.15) is 42.7 Å². The standard InChI is InChI=1S/C20H26N2/c21-12-6-1-2-7-13-22-15-20-17-10-11-18(19(20)14-17)16-8-4-3-5-9-16/h3-5,8-11,14,20,22H,1-2,6-7,12-13,15,21H2. The van der Waals surface area contributed by atoms with E-state index in [0.29, 0.717) is 5.92 Å². The van der Waals surface area contributed by atoms with Crippen LogP contribution in [0, 0.1) is 0 Å². The summed E-state index contributed by atoms with van der Waals surface area (Å²) < 4.78 is 0. The molecule has 0 aliphatic heterocycles. The molecule has 2 aliphatic carbocycles. The SMILES string of the molecule is NCCCCCCNCC1c2ccc(-c3ccccc3)c1c2. The van der Waals surface area contributed by atoms with Gasteiger partial charge >= 0.3 is 0 Å². The molecule has 0 heterocycles. The van der Waals surface area contributed by atoms with Crippen molar-refractivity contribution in [3.8, 4) is 11.1 Å². The number of benzene rings is 2. The minimum atomic E-state index is 0.587. The Balaban J connectivity index is 1.49. The lowest BCUT2D eigenvalue weighted by atomic mass is 9.76. The number of fused-ring (bicyclic) bond motifs is 2. The van der Waals surface area contributed by atoms with Gasteiger partial charge in [-0.1, -0.05) is 61.4 Å². The second-order valence-corrected chi connectivity index (χ2v) is 6.17. The lowest BCUT2D eigenvalue weighted by Gasteiger charge is -2.31. The third-order valence-electron chi connectivity index (χ3n) is 4.59. The zero-order chi connectivity index (χ0) is 15.2. The Kier molecular flexibility index (Phi) is 5.25. The van der Waals surface area contributed by atoms with Gasteiger partial charge in [0.2, 0.25) is 0 Å². The lowest BCUT2D eigenvalue weighted by Crippen LogP contribution is -2.27. The van der Waals surface area contributed by atoms with E-state index in [4.69, 9.17) is 5.73 Å². The van der Waals surface area contributed by atoms with E-state index in [9.17, 15) is 0 Å². The van der Waals surface area contributed by atoms with Crippen LogP contribution in [0.5, 0.6) is 0 Å². The average Bonchev–Trinajstić information content (AvgIpc) is 2.58. The third kappa shape index (κ3) is 3.40. The molecule has 2 aromatic carbocycles. The van der Waals surface area contributed by atoms with Gasteiger partial charge in [-0.25, -0.2) is 0 Å². The first kappa shape index (κ1) is 15.3. The maximum atomic E-state index is 5.51. The molecule has 4 rings (SSSR count). The molecule has 3 N–H and O–H groups in total. The highest BCUT2D eigenvalue weighted by molar-refractivity contribution is 5.73. The summed E-state index contributed by atoms with van der Waals surface area (Å²) >= 11 is 0. The molecule has 1 atom stereocenters. The fraction of sp³-hybridized carbons (Fsp3) is 0.400. The third-order valence-corrected chi connectivity index (χ3v) is 4.59. The van der Waals surface area contributed by atoms with Gasteiger partial charge in [-0.2, -0.15) is 0 Å². The summed E-state index contributed by atoms with van der Waals surface area (Å²) in [6.07, 6.45) is 4.97. The maximum Gasteiger partial charge on any atom is 0.0221 e. The van der Waals surface area contributed by atoms with E-state index < -0.39 is 0 Å². The molecule has 1 unspecified atom stereocenters. The van der Waals surface area contributed by atoms with E-state index in [1.807, 2.05) is 0 Å². The molecule has 116 valence electrons. The smallest absolute Gasteiger partial charge is 0.0221 e. The van der Waals surface area contributed by atoms with Gasteiger partial charge < -0.3 is 11.1 Å². The van der Waals surface area contributed by atoms with Crippen molar-refractivity contribution in [2.75, 3.05) is 19.6 Å². The first-order chi connectivity index (χ1) is 10.9. The van der Waals surface area contributed by atoms with Gasteiger partial charge in [0.05, 0.1) is 0 Å². The fourth-order valence-corrected chi connectivity index (χ4v) is 3.27.